The van der Waals surface area contributed by atoms with E-state index in [1.165, 1.54) is 4.90 Å². The predicted octanol–water partition coefficient (Wildman–Crippen LogP) is 4.39. The first kappa shape index (κ1) is 23.5. The molecule has 1 aromatic carbocycles. The van der Waals surface area contributed by atoms with Gasteiger partial charge >= 0.3 is 0 Å². The molecule has 0 radical (unpaired) electrons. The van der Waals surface area contributed by atoms with Gasteiger partial charge in [-0.3, -0.25) is 4.57 Å². The van der Waals surface area contributed by atoms with Crippen LogP contribution in [-0.4, -0.2) is 39.3 Å². The van der Waals surface area contributed by atoms with E-state index in [2.05, 4.69) is 32.5 Å². The summed E-state index contributed by atoms with van der Waals surface area (Å²) in [5.41, 5.74) is 1.05. The molecule has 0 saturated carbocycles. The van der Waals surface area contributed by atoms with E-state index in [0.29, 0.717) is 6.54 Å². The number of guanidine groups is 1. The number of hydrogen-bond acceptors (Lipinski definition) is 4. The summed E-state index contributed by atoms with van der Waals surface area (Å²) >= 11 is 7.70. The minimum atomic E-state index is 0. The van der Waals surface area contributed by atoms with Crippen LogP contribution in [-0.2, 0) is 6.54 Å². The number of pyridine rings is 1. The Morgan fingerprint density at radius 3 is 2.66 bits per heavy atom. The molecule has 2 aromatic heterocycles. The molecule has 3 aromatic rings. The van der Waals surface area contributed by atoms with Gasteiger partial charge in [0, 0.05) is 47.4 Å². The number of halogens is 2. The van der Waals surface area contributed by atoms with Gasteiger partial charge in [-0.25, -0.2) is 15.0 Å². The summed E-state index contributed by atoms with van der Waals surface area (Å²) in [5, 5.41) is 7.40. The number of aromatic nitrogens is 3. The van der Waals surface area contributed by atoms with Crippen LogP contribution < -0.4 is 10.6 Å². The molecule has 0 aliphatic rings. The lowest BCUT2D eigenvalue weighted by Gasteiger charge is -2.11. The van der Waals surface area contributed by atoms with Crippen molar-refractivity contribution in [3.63, 3.8) is 0 Å². The molecule has 29 heavy (non-hydrogen) atoms. The van der Waals surface area contributed by atoms with E-state index in [1.807, 2.05) is 53.4 Å². The van der Waals surface area contributed by atoms with Gasteiger partial charge in [0.05, 0.1) is 6.54 Å². The van der Waals surface area contributed by atoms with Crippen LogP contribution in [0, 0.1) is 0 Å². The average molecular weight is 543 g/mol. The Bertz CT molecular complexity index is 869. The van der Waals surface area contributed by atoms with E-state index in [4.69, 9.17) is 11.6 Å². The van der Waals surface area contributed by atoms with Crippen LogP contribution in [0.1, 0.15) is 12.5 Å². The molecule has 3 rings (SSSR count). The van der Waals surface area contributed by atoms with E-state index < -0.39 is 0 Å². The highest BCUT2D eigenvalue weighted by molar-refractivity contribution is 14.0. The zero-order chi connectivity index (χ0) is 19.6. The van der Waals surface area contributed by atoms with Crippen molar-refractivity contribution < 1.29 is 0 Å². The van der Waals surface area contributed by atoms with Crippen molar-refractivity contribution >= 4 is 53.3 Å². The first-order valence-corrected chi connectivity index (χ1v) is 10.4. The average Bonchev–Trinajstić information content (AvgIpc) is 3.26. The Morgan fingerprint density at radius 1 is 1.17 bits per heavy atom. The largest absolute Gasteiger partial charge is 0.357 e. The lowest BCUT2D eigenvalue weighted by molar-refractivity contribution is 0.841. The lowest BCUT2D eigenvalue weighted by atomic mass is 10.3. The van der Waals surface area contributed by atoms with Crippen LogP contribution in [0.5, 0.6) is 0 Å². The minimum Gasteiger partial charge on any atom is -0.357 e. The monoisotopic (exact) mass is 542 g/mol. The molecule has 0 spiro atoms. The normalized spacial score (nSPS) is 11.0. The van der Waals surface area contributed by atoms with Crippen LogP contribution in [0.25, 0.3) is 5.82 Å². The number of thioether (sulfide) groups is 1. The van der Waals surface area contributed by atoms with E-state index in [-0.39, 0.29) is 24.0 Å². The fourth-order valence-electron chi connectivity index (χ4n) is 2.44. The van der Waals surface area contributed by atoms with E-state index in [0.717, 1.165) is 41.2 Å². The molecule has 0 aliphatic heterocycles. The molecule has 0 saturated heterocycles. The molecular weight excluding hydrogens is 519 g/mol. The molecule has 154 valence electrons. The van der Waals surface area contributed by atoms with Crippen LogP contribution in [0.2, 0.25) is 5.02 Å². The lowest BCUT2D eigenvalue weighted by Crippen LogP contribution is -2.38. The fourth-order valence-corrected chi connectivity index (χ4v) is 3.33. The van der Waals surface area contributed by atoms with Crippen LogP contribution >= 0.6 is 47.3 Å². The molecule has 9 heteroatoms. The van der Waals surface area contributed by atoms with Crippen molar-refractivity contribution in [3.8, 4) is 5.82 Å². The molecule has 0 amide bonds. The van der Waals surface area contributed by atoms with Gasteiger partial charge < -0.3 is 10.6 Å². The van der Waals surface area contributed by atoms with Gasteiger partial charge in [-0.2, -0.15) is 0 Å². The zero-order valence-electron chi connectivity index (χ0n) is 16.1. The Labute approximate surface area is 197 Å². The summed E-state index contributed by atoms with van der Waals surface area (Å²) < 4.78 is 1.87. The second-order valence-electron chi connectivity index (χ2n) is 5.92. The number of rotatable bonds is 8. The number of imidazole rings is 1. The molecule has 0 bridgehead atoms. The number of benzene rings is 1. The maximum Gasteiger partial charge on any atom is 0.191 e. The van der Waals surface area contributed by atoms with Crippen molar-refractivity contribution in [2.24, 2.45) is 4.99 Å². The summed E-state index contributed by atoms with van der Waals surface area (Å²) in [6.45, 7) is 4.25. The third kappa shape index (κ3) is 7.87. The highest BCUT2D eigenvalue weighted by Gasteiger charge is 2.01. The number of nitrogens with one attached hydrogen (secondary N) is 2. The van der Waals surface area contributed by atoms with E-state index >= 15 is 0 Å². The first-order valence-electron chi connectivity index (χ1n) is 9.08. The van der Waals surface area contributed by atoms with E-state index in [1.54, 1.807) is 24.3 Å². The molecule has 0 aliphatic carbocycles. The number of hydrogen-bond donors (Lipinski definition) is 2. The standard InChI is InChI=1S/C20H23ClN6S.HI/c1-2-23-20(24-10-12-28-18-6-4-17(21)5-7-18)26-14-16-3-8-19(25-13-16)27-11-9-22-15-27;/h3-9,11,13,15H,2,10,12,14H2,1H3,(H2,23,24,26);1H. The summed E-state index contributed by atoms with van der Waals surface area (Å²) in [6.07, 6.45) is 7.18. The number of nitrogens with zero attached hydrogens (tertiary/aromatic N) is 4. The van der Waals surface area contributed by atoms with Gasteiger partial charge in [0.25, 0.3) is 0 Å². The molecule has 0 unspecified atom stereocenters. The first-order chi connectivity index (χ1) is 13.7. The van der Waals surface area contributed by atoms with Crippen molar-refractivity contribution in [1.29, 1.82) is 0 Å². The molecule has 6 nitrogen and oxygen atoms in total. The molecule has 2 heterocycles. The fraction of sp³-hybridized carbons (Fsp3) is 0.250. The maximum atomic E-state index is 5.92. The maximum absolute atomic E-state index is 5.92. The Hall–Kier alpha value is -1.78. The van der Waals surface area contributed by atoms with Crippen molar-refractivity contribution in [1.82, 2.24) is 25.2 Å². The second-order valence-corrected chi connectivity index (χ2v) is 7.52. The Balaban J connectivity index is 0.00000300. The van der Waals surface area contributed by atoms with Crippen molar-refractivity contribution in [2.45, 2.75) is 18.4 Å². The molecule has 2 N–H and O–H groups in total. The van der Waals surface area contributed by atoms with Gasteiger partial charge in [-0.1, -0.05) is 17.7 Å². The van der Waals surface area contributed by atoms with Crippen LogP contribution in [0.4, 0.5) is 0 Å². The summed E-state index contributed by atoms with van der Waals surface area (Å²) in [6, 6.07) is 11.9. The molecule has 0 fully saturated rings. The van der Waals surface area contributed by atoms with Crippen molar-refractivity contribution in [2.75, 3.05) is 18.8 Å². The topological polar surface area (TPSA) is 67.1 Å². The van der Waals surface area contributed by atoms with Gasteiger partial charge in [-0.15, -0.1) is 35.7 Å². The van der Waals surface area contributed by atoms with Crippen molar-refractivity contribution in [3.05, 3.63) is 71.9 Å². The summed E-state index contributed by atoms with van der Waals surface area (Å²) in [7, 11) is 0. The summed E-state index contributed by atoms with van der Waals surface area (Å²) in [4.78, 5) is 14.3. The van der Waals surface area contributed by atoms with Crippen LogP contribution in [0.15, 0.2) is 71.2 Å². The third-order valence-corrected chi connectivity index (χ3v) is 5.08. The highest BCUT2D eigenvalue weighted by atomic mass is 127. The highest BCUT2D eigenvalue weighted by Crippen LogP contribution is 2.19. The van der Waals surface area contributed by atoms with Gasteiger partial charge in [0.15, 0.2) is 5.96 Å². The zero-order valence-corrected chi connectivity index (χ0v) is 20.0. The van der Waals surface area contributed by atoms with Gasteiger partial charge in [0.1, 0.15) is 12.1 Å². The number of aliphatic imine (C=N–C) groups is 1. The third-order valence-electron chi connectivity index (χ3n) is 3.82. The smallest absolute Gasteiger partial charge is 0.191 e. The quantitative estimate of drug-likeness (QED) is 0.145. The molecular formula is C20H24ClIN6S. The SMILES string of the molecule is CCNC(=NCc1ccc(-n2ccnc2)nc1)NCCSc1ccc(Cl)cc1.I. The second kappa shape index (κ2) is 12.7. The van der Waals surface area contributed by atoms with Gasteiger partial charge in [-0.05, 0) is 42.8 Å². The van der Waals surface area contributed by atoms with Crippen LogP contribution in [0.3, 0.4) is 0 Å². The Kier molecular flexibility index (Phi) is 10.3. The molecule has 0 atom stereocenters. The summed E-state index contributed by atoms with van der Waals surface area (Å²) in [5.74, 6) is 2.58. The van der Waals surface area contributed by atoms with Gasteiger partial charge in [0.2, 0.25) is 0 Å². The predicted molar refractivity (Wildman–Crippen MR) is 132 cm³/mol. The van der Waals surface area contributed by atoms with E-state index in [9.17, 15) is 0 Å². The Morgan fingerprint density at radius 2 is 2.00 bits per heavy atom. The minimum absolute atomic E-state index is 0.